The Bertz CT molecular complexity index is 189. The first kappa shape index (κ1) is 13.9. The Morgan fingerprint density at radius 1 is 1.44 bits per heavy atom. The average Bonchev–Trinajstić information content (AvgIpc) is 2.41. The van der Waals surface area contributed by atoms with Gasteiger partial charge in [-0.25, -0.2) is 0 Å². The Morgan fingerprint density at radius 3 is 2.81 bits per heavy atom. The molecule has 0 spiro atoms. The minimum atomic E-state index is -0.248. The van der Waals surface area contributed by atoms with Crippen LogP contribution in [0.1, 0.15) is 19.8 Å². The number of aliphatic hydroxyl groups is 1. The summed E-state index contributed by atoms with van der Waals surface area (Å²) in [6.07, 6.45) is 2.12. The Kier molecular flexibility index (Phi) is 6.28. The highest BCUT2D eigenvalue weighted by Crippen LogP contribution is 2.12. The van der Waals surface area contributed by atoms with Crippen LogP contribution >= 0.6 is 0 Å². The highest BCUT2D eigenvalue weighted by Gasteiger charge is 2.23. The van der Waals surface area contributed by atoms with Crippen molar-refractivity contribution in [2.45, 2.75) is 31.9 Å². The summed E-state index contributed by atoms with van der Waals surface area (Å²) in [5.41, 5.74) is 0. The Hall–Kier alpha value is -0.160. The van der Waals surface area contributed by atoms with E-state index in [0.717, 1.165) is 26.1 Å². The van der Waals surface area contributed by atoms with Crippen LogP contribution in [-0.4, -0.2) is 73.9 Å². The van der Waals surface area contributed by atoms with Gasteiger partial charge < -0.3 is 15.3 Å². The molecule has 0 aliphatic carbocycles. The zero-order valence-electron chi connectivity index (χ0n) is 10.9. The first-order valence-corrected chi connectivity index (χ1v) is 6.42. The van der Waals surface area contributed by atoms with E-state index in [9.17, 15) is 5.11 Å². The maximum absolute atomic E-state index is 9.85. The molecule has 0 radical (unpaired) electrons. The van der Waals surface area contributed by atoms with Gasteiger partial charge in [0.15, 0.2) is 0 Å². The minimum Gasteiger partial charge on any atom is -0.390 e. The molecule has 1 aliphatic heterocycles. The second-order valence-electron chi connectivity index (χ2n) is 4.88. The molecule has 96 valence electrons. The molecule has 0 amide bonds. The number of β-amino-alcohol motifs (C(OH)–C–C–N with tert-alkyl or cyclic N) is 1. The molecule has 2 N–H and O–H groups in total. The van der Waals surface area contributed by atoms with E-state index in [0.29, 0.717) is 12.6 Å². The molecule has 4 heteroatoms. The lowest BCUT2D eigenvalue weighted by atomic mass is 10.1. The molecular weight excluding hydrogens is 202 g/mol. The van der Waals surface area contributed by atoms with Crippen molar-refractivity contribution in [1.82, 2.24) is 15.1 Å². The number of hydrogen-bond acceptors (Lipinski definition) is 4. The zero-order valence-corrected chi connectivity index (χ0v) is 10.9. The molecule has 1 heterocycles. The summed E-state index contributed by atoms with van der Waals surface area (Å²) in [5.74, 6) is 0. The van der Waals surface area contributed by atoms with Crippen molar-refractivity contribution in [2.75, 3.05) is 46.8 Å². The maximum Gasteiger partial charge on any atom is 0.0791 e. The van der Waals surface area contributed by atoms with E-state index < -0.39 is 0 Å². The number of nitrogens with zero attached hydrogens (tertiary/aromatic N) is 2. The van der Waals surface area contributed by atoms with Crippen LogP contribution in [0.3, 0.4) is 0 Å². The molecule has 0 saturated carbocycles. The van der Waals surface area contributed by atoms with Gasteiger partial charge in [-0.3, -0.25) is 4.90 Å². The van der Waals surface area contributed by atoms with Gasteiger partial charge in [-0.05, 0) is 40.0 Å². The maximum atomic E-state index is 9.85. The Labute approximate surface area is 99.6 Å². The lowest BCUT2D eigenvalue weighted by Gasteiger charge is -2.31. The number of likely N-dealkylation sites (N-methyl/N-ethyl adjacent to an activating group) is 2. The van der Waals surface area contributed by atoms with Gasteiger partial charge in [0.1, 0.15) is 0 Å². The fourth-order valence-electron chi connectivity index (χ4n) is 2.49. The molecule has 0 aromatic rings. The van der Waals surface area contributed by atoms with Gasteiger partial charge in [0.2, 0.25) is 0 Å². The first-order valence-electron chi connectivity index (χ1n) is 6.42. The molecule has 1 aliphatic rings. The van der Waals surface area contributed by atoms with E-state index in [1.54, 1.807) is 0 Å². The van der Waals surface area contributed by atoms with Crippen LogP contribution in [0.25, 0.3) is 0 Å². The van der Waals surface area contributed by atoms with E-state index in [1.165, 1.54) is 13.0 Å². The summed E-state index contributed by atoms with van der Waals surface area (Å²) < 4.78 is 0. The third-order valence-electron chi connectivity index (χ3n) is 3.38. The molecule has 2 atom stereocenters. The molecular formula is C12H27N3O. The molecule has 1 fully saturated rings. The summed E-state index contributed by atoms with van der Waals surface area (Å²) in [6, 6.07) is 0.596. The van der Waals surface area contributed by atoms with E-state index in [1.807, 2.05) is 7.05 Å². The summed E-state index contributed by atoms with van der Waals surface area (Å²) in [4.78, 5) is 4.85. The largest absolute Gasteiger partial charge is 0.390 e. The van der Waals surface area contributed by atoms with Crippen LogP contribution in [0.15, 0.2) is 0 Å². The normalized spacial score (nSPS) is 26.6. The van der Waals surface area contributed by atoms with Gasteiger partial charge in [-0.1, -0.05) is 6.92 Å². The van der Waals surface area contributed by atoms with Crippen molar-refractivity contribution >= 4 is 0 Å². The third kappa shape index (κ3) is 4.37. The highest BCUT2D eigenvalue weighted by molar-refractivity contribution is 4.79. The van der Waals surface area contributed by atoms with Crippen LogP contribution in [0.2, 0.25) is 0 Å². The van der Waals surface area contributed by atoms with Crippen molar-refractivity contribution in [1.29, 1.82) is 0 Å². The lowest BCUT2D eigenvalue weighted by Crippen LogP contribution is -2.45. The van der Waals surface area contributed by atoms with Crippen molar-refractivity contribution in [3.05, 3.63) is 0 Å². The lowest BCUT2D eigenvalue weighted by molar-refractivity contribution is 0.0861. The van der Waals surface area contributed by atoms with E-state index in [4.69, 9.17) is 0 Å². The smallest absolute Gasteiger partial charge is 0.0791 e. The first-order chi connectivity index (χ1) is 7.67. The molecule has 1 saturated heterocycles. The van der Waals surface area contributed by atoms with E-state index >= 15 is 0 Å². The molecule has 2 unspecified atom stereocenters. The fraction of sp³-hybridized carbons (Fsp3) is 1.00. The van der Waals surface area contributed by atoms with Crippen LogP contribution in [0.4, 0.5) is 0 Å². The SMILES string of the molecule is CCC1CN(C)CCCN1CC(O)CNC. The number of hydrogen-bond donors (Lipinski definition) is 2. The average molecular weight is 229 g/mol. The topological polar surface area (TPSA) is 38.7 Å². The van der Waals surface area contributed by atoms with E-state index in [-0.39, 0.29) is 6.10 Å². The molecule has 0 bridgehead atoms. The van der Waals surface area contributed by atoms with Gasteiger partial charge in [0.05, 0.1) is 6.10 Å². The highest BCUT2D eigenvalue weighted by atomic mass is 16.3. The monoisotopic (exact) mass is 229 g/mol. The van der Waals surface area contributed by atoms with Crippen molar-refractivity contribution < 1.29 is 5.11 Å². The van der Waals surface area contributed by atoms with Gasteiger partial charge in [0.25, 0.3) is 0 Å². The molecule has 16 heavy (non-hydrogen) atoms. The summed E-state index contributed by atoms with van der Waals surface area (Å²) in [6.45, 7) is 7.14. The molecule has 4 nitrogen and oxygen atoms in total. The number of nitrogens with one attached hydrogen (secondary N) is 1. The van der Waals surface area contributed by atoms with Crippen LogP contribution in [0, 0.1) is 0 Å². The van der Waals surface area contributed by atoms with Crippen LogP contribution < -0.4 is 5.32 Å². The van der Waals surface area contributed by atoms with Crippen molar-refractivity contribution in [3.63, 3.8) is 0 Å². The van der Waals surface area contributed by atoms with Gasteiger partial charge in [-0.2, -0.15) is 0 Å². The third-order valence-corrected chi connectivity index (χ3v) is 3.38. The fourth-order valence-corrected chi connectivity index (χ4v) is 2.49. The van der Waals surface area contributed by atoms with Gasteiger partial charge in [0, 0.05) is 25.7 Å². The Balaban J connectivity index is 2.47. The molecule has 0 aromatic heterocycles. The Morgan fingerprint density at radius 2 is 2.19 bits per heavy atom. The standard InChI is InChI=1S/C12H27N3O/c1-4-11-9-14(3)6-5-7-15(11)10-12(16)8-13-2/h11-13,16H,4-10H2,1-3H3. The minimum absolute atomic E-state index is 0.248. The number of aliphatic hydroxyl groups excluding tert-OH is 1. The van der Waals surface area contributed by atoms with Crippen LogP contribution in [-0.2, 0) is 0 Å². The van der Waals surface area contributed by atoms with Crippen molar-refractivity contribution in [2.24, 2.45) is 0 Å². The van der Waals surface area contributed by atoms with Gasteiger partial charge >= 0.3 is 0 Å². The zero-order chi connectivity index (χ0) is 12.0. The quantitative estimate of drug-likeness (QED) is 0.695. The predicted octanol–water partition coefficient (Wildman–Crippen LogP) is -0.0172. The summed E-state index contributed by atoms with van der Waals surface area (Å²) in [5, 5.41) is 12.9. The molecule has 0 aromatic carbocycles. The summed E-state index contributed by atoms with van der Waals surface area (Å²) in [7, 11) is 4.08. The van der Waals surface area contributed by atoms with Crippen molar-refractivity contribution in [3.8, 4) is 0 Å². The number of rotatable bonds is 5. The predicted molar refractivity (Wildman–Crippen MR) is 67.7 cm³/mol. The second-order valence-corrected chi connectivity index (χ2v) is 4.88. The van der Waals surface area contributed by atoms with E-state index in [2.05, 4.69) is 29.1 Å². The van der Waals surface area contributed by atoms with Crippen LogP contribution in [0.5, 0.6) is 0 Å². The summed E-state index contributed by atoms with van der Waals surface area (Å²) >= 11 is 0. The van der Waals surface area contributed by atoms with Gasteiger partial charge in [-0.15, -0.1) is 0 Å². The second kappa shape index (κ2) is 7.22. The molecule has 1 rings (SSSR count).